The first kappa shape index (κ1) is 34.1. The standard InChI is InChI=1S/C57H35N3/c1-3-12-36(13-4-1)37-22-26-42(27-23-37)55-58-56(51-34-32-43(38-14-5-2-6-15-38)44-18-7-9-20-46(44)51)60-57(59-55)52-35-33-48(45-19-8-10-21-47(45)52)49-30-28-41-25-24-39-16-11-17-40-29-31-50(49)54(41)53(39)40/h1-35H. The lowest BCUT2D eigenvalue weighted by atomic mass is 9.87. The van der Waals surface area contributed by atoms with Crippen LogP contribution in [0, 0.1) is 0 Å². The van der Waals surface area contributed by atoms with Crippen LogP contribution < -0.4 is 0 Å². The Bertz CT molecular complexity index is 3560. The molecular formula is C57H35N3. The summed E-state index contributed by atoms with van der Waals surface area (Å²) in [6.07, 6.45) is 0. The zero-order valence-corrected chi connectivity index (χ0v) is 32.5. The molecular weight excluding hydrogens is 727 g/mol. The van der Waals surface area contributed by atoms with E-state index in [1.165, 1.54) is 60.1 Å². The van der Waals surface area contributed by atoms with Crippen LogP contribution in [0.25, 0.3) is 121 Å². The number of benzene rings is 11. The zero-order valence-electron chi connectivity index (χ0n) is 32.5. The fourth-order valence-corrected chi connectivity index (χ4v) is 9.25. The van der Waals surface area contributed by atoms with Crippen molar-refractivity contribution in [2.24, 2.45) is 0 Å². The Labute approximate surface area is 347 Å². The Balaban J connectivity index is 1.06. The fraction of sp³-hybridized carbons (Fsp3) is 0. The topological polar surface area (TPSA) is 38.7 Å². The van der Waals surface area contributed by atoms with Gasteiger partial charge in [0, 0.05) is 16.7 Å². The van der Waals surface area contributed by atoms with Gasteiger partial charge in [0.25, 0.3) is 0 Å². The lowest BCUT2D eigenvalue weighted by Gasteiger charge is -2.17. The van der Waals surface area contributed by atoms with E-state index in [1.54, 1.807) is 0 Å². The molecule has 3 nitrogen and oxygen atoms in total. The molecule has 0 aliphatic rings. The predicted octanol–water partition coefficient (Wildman–Crippen LogP) is 15.1. The van der Waals surface area contributed by atoms with Gasteiger partial charge in [-0.3, -0.25) is 0 Å². The highest BCUT2D eigenvalue weighted by molar-refractivity contribution is 6.26. The van der Waals surface area contributed by atoms with Gasteiger partial charge in [-0.1, -0.05) is 200 Å². The zero-order chi connectivity index (χ0) is 39.6. The summed E-state index contributed by atoms with van der Waals surface area (Å²) in [5, 5.41) is 12.2. The summed E-state index contributed by atoms with van der Waals surface area (Å²) >= 11 is 0. The first-order valence-electron chi connectivity index (χ1n) is 20.4. The Morgan fingerprint density at radius 1 is 0.200 bits per heavy atom. The quantitative estimate of drug-likeness (QED) is 0.158. The molecule has 0 aliphatic heterocycles. The molecule has 0 N–H and O–H groups in total. The van der Waals surface area contributed by atoms with Crippen LogP contribution in [-0.4, -0.2) is 15.0 Å². The highest BCUT2D eigenvalue weighted by Crippen LogP contribution is 2.43. The van der Waals surface area contributed by atoms with Gasteiger partial charge in [-0.25, -0.2) is 15.0 Å². The Hall–Kier alpha value is -8.01. The smallest absolute Gasteiger partial charge is 0.164 e. The molecule has 60 heavy (non-hydrogen) atoms. The Kier molecular flexibility index (Phi) is 7.85. The number of fused-ring (bicyclic) bond motifs is 2. The van der Waals surface area contributed by atoms with Gasteiger partial charge in [-0.15, -0.1) is 0 Å². The minimum Gasteiger partial charge on any atom is -0.208 e. The van der Waals surface area contributed by atoms with Gasteiger partial charge in [0.2, 0.25) is 0 Å². The van der Waals surface area contributed by atoms with E-state index < -0.39 is 0 Å². The van der Waals surface area contributed by atoms with Gasteiger partial charge >= 0.3 is 0 Å². The summed E-state index contributed by atoms with van der Waals surface area (Å²) < 4.78 is 0. The highest BCUT2D eigenvalue weighted by Gasteiger charge is 2.20. The van der Waals surface area contributed by atoms with Crippen LogP contribution in [0.4, 0.5) is 0 Å². The number of nitrogens with zero attached hydrogens (tertiary/aromatic N) is 3. The Morgan fingerprint density at radius 2 is 0.600 bits per heavy atom. The van der Waals surface area contributed by atoms with Crippen molar-refractivity contribution in [1.82, 2.24) is 15.0 Å². The average Bonchev–Trinajstić information content (AvgIpc) is 3.33. The van der Waals surface area contributed by atoms with E-state index in [-0.39, 0.29) is 0 Å². The first-order valence-corrected chi connectivity index (χ1v) is 20.4. The van der Waals surface area contributed by atoms with Crippen molar-refractivity contribution in [3.05, 3.63) is 212 Å². The molecule has 0 saturated carbocycles. The average molecular weight is 762 g/mol. The second-order valence-electron chi connectivity index (χ2n) is 15.5. The molecule has 278 valence electrons. The van der Waals surface area contributed by atoms with Crippen LogP contribution in [0.5, 0.6) is 0 Å². The maximum Gasteiger partial charge on any atom is 0.164 e. The molecule has 0 amide bonds. The van der Waals surface area contributed by atoms with Crippen molar-refractivity contribution in [2.45, 2.75) is 0 Å². The van der Waals surface area contributed by atoms with Crippen LogP contribution in [0.15, 0.2) is 212 Å². The van der Waals surface area contributed by atoms with Crippen LogP contribution in [0.2, 0.25) is 0 Å². The van der Waals surface area contributed by atoms with Crippen molar-refractivity contribution in [3.63, 3.8) is 0 Å². The summed E-state index contributed by atoms with van der Waals surface area (Å²) in [5.74, 6) is 1.90. The third kappa shape index (κ3) is 5.55. The van der Waals surface area contributed by atoms with Gasteiger partial charge in [0.05, 0.1) is 0 Å². The summed E-state index contributed by atoms with van der Waals surface area (Å²) in [4.78, 5) is 15.9. The molecule has 3 heteroatoms. The maximum atomic E-state index is 5.35. The van der Waals surface area contributed by atoms with E-state index in [2.05, 4.69) is 206 Å². The molecule has 0 fully saturated rings. The summed E-state index contributed by atoms with van der Waals surface area (Å²) in [6, 6.07) is 75.8. The van der Waals surface area contributed by atoms with Crippen molar-refractivity contribution in [2.75, 3.05) is 0 Å². The summed E-state index contributed by atoms with van der Waals surface area (Å²) in [6.45, 7) is 0. The minimum atomic E-state index is 0.630. The third-order valence-electron chi connectivity index (χ3n) is 12.1. The van der Waals surface area contributed by atoms with Gasteiger partial charge < -0.3 is 0 Å². The molecule has 1 heterocycles. The van der Waals surface area contributed by atoms with Gasteiger partial charge in [0.1, 0.15) is 0 Å². The van der Waals surface area contributed by atoms with Crippen molar-refractivity contribution < 1.29 is 0 Å². The normalized spacial score (nSPS) is 11.7. The van der Waals surface area contributed by atoms with Crippen LogP contribution >= 0.6 is 0 Å². The molecule has 1 aromatic heterocycles. The van der Waals surface area contributed by atoms with E-state index in [0.717, 1.165) is 43.8 Å². The van der Waals surface area contributed by atoms with Gasteiger partial charge in [-0.2, -0.15) is 0 Å². The second kappa shape index (κ2) is 13.8. The molecule has 11 aromatic carbocycles. The molecule has 0 bridgehead atoms. The minimum absolute atomic E-state index is 0.630. The molecule has 0 unspecified atom stereocenters. The van der Waals surface area contributed by atoms with Gasteiger partial charge in [0.15, 0.2) is 17.5 Å². The van der Waals surface area contributed by atoms with Gasteiger partial charge in [-0.05, 0) is 99.4 Å². The monoisotopic (exact) mass is 761 g/mol. The molecule has 0 spiro atoms. The Morgan fingerprint density at radius 3 is 1.23 bits per heavy atom. The van der Waals surface area contributed by atoms with E-state index in [1.807, 2.05) is 6.07 Å². The van der Waals surface area contributed by atoms with Crippen LogP contribution in [0.1, 0.15) is 0 Å². The summed E-state index contributed by atoms with van der Waals surface area (Å²) in [5.41, 5.74) is 9.91. The lowest BCUT2D eigenvalue weighted by Crippen LogP contribution is -2.01. The first-order chi connectivity index (χ1) is 29.7. The van der Waals surface area contributed by atoms with Crippen LogP contribution in [0.3, 0.4) is 0 Å². The maximum absolute atomic E-state index is 5.35. The molecule has 0 aliphatic carbocycles. The van der Waals surface area contributed by atoms with Crippen molar-refractivity contribution >= 4 is 53.9 Å². The molecule has 0 atom stereocenters. The van der Waals surface area contributed by atoms with E-state index >= 15 is 0 Å². The molecule has 0 radical (unpaired) electrons. The molecule has 12 aromatic rings. The number of hydrogen-bond acceptors (Lipinski definition) is 3. The number of rotatable bonds is 6. The largest absolute Gasteiger partial charge is 0.208 e. The lowest BCUT2D eigenvalue weighted by molar-refractivity contribution is 1.08. The van der Waals surface area contributed by atoms with Crippen molar-refractivity contribution in [1.29, 1.82) is 0 Å². The molecule has 12 rings (SSSR count). The van der Waals surface area contributed by atoms with E-state index in [9.17, 15) is 0 Å². The van der Waals surface area contributed by atoms with E-state index in [0.29, 0.717) is 17.5 Å². The SMILES string of the molecule is c1ccc(-c2ccc(-c3nc(-c4ccc(-c5ccccc5)c5ccccc45)nc(-c4ccc(-c5ccc6ccc7cccc8ccc5c6c78)c5ccccc45)n3)cc2)cc1. The second-order valence-corrected chi connectivity index (χ2v) is 15.5. The van der Waals surface area contributed by atoms with E-state index in [4.69, 9.17) is 15.0 Å². The third-order valence-corrected chi connectivity index (χ3v) is 12.1. The fourth-order valence-electron chi connectivity index (χ4n) is 9.25. The molecule has 0 saturated heterocycles. The summed E-state index contributed by atoms with van der Waals surface area (Å²) in [7, 11) is 0. The predicted molar refractivity (Wildman–Crippen MR) is 251 cm³/mol. The number of hydrogen-bond donors (Lipinski definition) is 0. The number of aromatic nitrogens is 3. The van der Waals surface area contributed by atoms with Crippen LogP contribution in [-0.2, 0) is 0 Å². The highest BCUT2D eigenvalue weighted by atomic mass is 15.0. The van der Waals surface area contributed by atoms with Crippen molar-refractivity contribution in [3.8, 4) is 67.5 Å².